The van der Waals surface area contributed by atoms with Crippen LogP contribution in [0, 0.1) is 13.8 Å². The summed E-state index contributed by atoms with van der Waals surface area (Å²) in [6.45, 7) is 9.49. The molecule has 0 aromatic carbocycles. The Morgan fingerprint density at radius 3 is 2.85 bits per heavy atom. The molecule has 1 saturated heterocycles. The van der Waals surface area contributed by atoms with Gasteiger partial charge in [0.25, 0.3) is 0 Å². The van der Waals surface area contributed by atoms with Gasteiger partial charge in [0.15, 0.2) is 0 Å². The standard InChI is InChI=1S/C15H25ClN4/c1-11-7-4-5-9-20(11)10-6-8-17-15-12(2)14(16)18-13(3)19-15/h11H,4-10H2,1-3H3,(H,17,18,19). The molecule has 1 aliphatic rings. The van der Waals surface area contributed by atoms with Gasteiger partial charge in [-0.15, -0.1) is 0 Å². The molecule has 2 rings (SSSR count). The molecule has 1 unspecified atom stereocenters. The molecule has 1 aromatic heterocycles. The highest BCUT2D eigenvalue weighted by molar-refractivity contribution is 6.30. The smallest absolute Gasteiger partial charge is 0.137 e. The number of aromatic nitrogens is 2. The molecule has 0 aliphatic carbocycles. The van der Waals surface area contributed by atoms with Crippen LogP contribution < -0.4 is 5.32 Å². The van der Waals surface area contributed by atoms with Crippen LogP contribution >= 0.6 is 11.6 Å². The quantitative estimate of drug-likeness (QED) is 0.668. The molecule has 0 radical (unpaired) electrons. The van der Waals surface area contributed by atoms with Crippen LogP contribution in [0.3, 0.4) is 0 Å². The number of likely N-dealkylation sites (tertiary alicyclic amines) is 1. The molecule has 20 heavy (non-hydrogen) atoms. The lowest BCUT2D eigenvalue weighted by Crippen LogP contribution is -2.38. The fourth-order valence-electron chi connectivity index (χ4n) is 2.75. The van der Waals surface area contributed by atoms with E-state index >= 15 is 0 Å². The second kappa shape index (κ2) is 7.23. The summed E-state index contributed by atoms with van der Waals surface area (Å²) in [6.07, 6.45) is 5.20. The predicted molar refractivity (Wildman–Crippen MR) is 84.5 cm³/mol. The Bertz CT molecular complexity index is 450. The molecule has 0 spiro atoms. The van der Waals surface area contributed by atoms with Crippen molar-refractivity contribution in [3.8, 4) is 0 Å². The molecule has 1 atom stereocenters. The number of halogens is 1. The van der Waals surface area contributed by atoms with Crippen LogP contribution in [-0.4, -0.2) is 40.5 Å². The Morgan fingerprint density at radius 1 is 1.30 bits per heavy atom. The topological polar surface area (TPSA) is 41.1 Å². The summed E-state index contributed by atoms with van der Waals surface area (Å²) in [5, 5.41) is 3.93. The van der Waals surface area contributed by atoms with Crippen molar-refractivity contribution in [2.24, 2.45) is 0 Å². The fourth-order valence-corrected chi connectivity index (χ4v) is 2.96. The number of anilines is 1. The molecular weight excluding hydrogens is 272 g/mol. The van der Waals surface area contributed by atoms with Crippen LogP contribution in [0.4, 0.5) is 5.82 Å². The molecule has 0 bridgehead atoms. The van der Waals surface area contributed by atoms with E-state index in [9.17, 15) is 0 Å². The number of nitrogens with one attached hydrogen (secondary N) is 1. The van der Waals surface area contributed by atoms with Crippen molar-refractivity contribution in [2.45, 2.75) is 52.5 Å². The van der Waals surface area contributed by atoms with E-state index in [1.807, 2.05) is 13.8 Å². The van der Waals surface area contributed by atoms with Crippen molar-refractivity contribution in [3.63, 3.8) is 0 Å². The fraction of sp³-hybridized carbons (Fsp3) is 0.733. The minimum Gasteiger partial charge on any atom is -0.370 e. The van der Waals surface area contributed by atoms with Gasteiger partial charge in [0.2, 0.25) is 0 Å². The van der Waals surface area contributed by atoms with Crippen molar-refractivity contribution in [1.82, 2.24) is 14.9 Å². The predicted octanol–water partition coefficient (Wildman–Crippen LogP) is 3.42. The van der Waals surface area contributed by atoms with E-state index in [-0.39, 0.29) is 0 Å². The van der Waals surface area contributed by atoms with Gasteiger partial charge >= 0.3 is 0 Å². The Hall–Kier alpha value is -0.870. The second-order valence-electron chi connectivity index (χ2n) is 5.70. The number of hydrogen-bond donors (Lipinski definition) is 1. The van der Waals surface area contributed by atoms with Crippen LogP contribution in [0.2, 0.25) is 5.15 Å². The molecule has 0 amide bonds. The highest BCUT2D eigenvalue weighted by Gasteiger charge is 2.17. The average Bonchev–Trinajstić information content (AvgIpc) is 2.41. The number of rotatable bonds is 5. The first-order chi connectivity index (χ1) is 9.58. The molecule has 1 aliphatic heterocycles. The number of aryl methyl sites for hydroxylation is 1. The summed E-state index contributed by atoms with van der Waals surface area (Å²) in [5.41, 5.74) is 0.934. The summed E-state index contributed by atoms with van der Waals surface area (Å²) < 4.78 is 0. The number of nitrogens with zero attached hydrogens (tertiary/aromatic N) is 3. The molecule has 0 saturated carbocycles. The second-order valence-corrected chi connectivity index (χ2v) is 6.05. The average molecular weight is 297 g/mol. The number of piperidine rings is 1. The van der Waals surface area contributed by atoms with E-state index in [1.165, 1.54) is 25.8 Å². The van der Waals surface area contributed by atoms with Crippen molar-refractivity contribution in [2.75, 3.05) is 25.0 Å². The lowest BCUT2D eigenvalue weighted by atomic mass is 10.0. The maximum Gasteiger partial charge on any atom is 0.137 e. The normalized spacial score (nSPS) is 20.1. The maximum absolute atomic E-state index is 6.07. The lowest BCUT2D eigenvalue weighted by Gasteiger charge is -2.33. The minimum atomic E-state index is 0.546. The first-order valence-electron chi connectivity index (χ1n) is 7.56. The third-order valence-electron chi connectivity index (χ3n) is 4.05. The third kappa shape index (κ3) is 4.06. The maximum atomic E-state index is 6.07. The summed E-state index contributed by atoms with van der Waals surface area (Å²) in [7, 11) is 0. The van der Waals surface area contributed by atoms with Gasteiger partial charge in [-0.3, -0.25) is 0 Å². The van der Waals surface area contributed by atoms with E-state index in [0.717, 1.165) is 36.9 Å². The van der Waals surface area contributed by atoms with Gasteiger partial charge in [0, 0.05) is 24.7 Å². The Morgan fingerprint density at radius 2 is 2.10 bits per heavy atom. The molecule has 2 heterocycles. The van der Waals surface area contributed by atoms with Crippen molar-refractivity contribution < 1.29 is 0 Å². The Kier molecular flexibility index (Phi) is 5.61. The third-order valence-corrected chi connectivity index (χ3v) is 4.42. The first kappa shape index (κ1) is 15.5. The molecule has 112 valence electrons. The van der Waals surface area contributed by atoms with Crippen LogP contribution in [0.5, 0.6) is 0 Å². The van der Waals surface area contributed by atoms with Gasteiger partial charge in [-0.1, -0.05) is 18.0 Å². The van der Waals surface area contributed by atoms with Crippen LogP contribution in [0.15, 0.2) is 0 Å². The molecular formula is C15H25ClN4. The summed E-state index contributed by atoms with van der Waals surface area (Å²) in [4.78, 5) is 11.2. The van der Waals surface area contributed by atoms with E-state index in [0.29, 0.717) is 11.0 Å². The molecule has 1 fully saturated rings. The first-order valence-corrected chi connectivity index (χ1v) is 7.94. The highest BCUT2D eigenvalue weighted by atomic mass is 35.5. The summed E-state index contributed by atoms with van der Waals surface area (Å²) in [6, 6.07) is 0.737. The largest absolute Gasteiger partial charge is 0.370 e. The van der Waals surface area contributed by atoms with Crippen LogP contribution in [0.25, 0.3) is 0 Å². The van der Waals surface area contributed by atoms with E-state index in [4.69, 9.17) is 11.6 Å². The summed E-state index contributed by atoms with van der Waals surface area (Å²) in [5.74, 6) is 1.59. The van der Waals surface area contributed by atoms with E-state index in [2.05, 4.69) is 27.1 Å². The molecule has 1 aromatic rings. The van der Waals surface area contributed by atoms with Gasteiger partial charge in [-0.05, 0) is 46.6 Å². The molecule has 1 N–H and O–H groups in total. The Labute approximate surface area is 126 Å². The zero-order chi connectivity index (χ0) is 14.5. The van der Waals surface area contributed by atoms with Crippen molar-refractivity contribution in [3.05, 3.63) is 16.5 Å². The monoisotopic (exact) mass is 296 g/mol. The SMILES string of the molecule is Cc1nc(Cl)c(C)c(NCCCN2CCCCC2C)n1. The van der Waals surface area contributed by atoms with Crippen LogP contribution in [-0.2, 0) is 0 Å². The number of hydrogen-bond acceptors (Lipinski definition) is 4. The molecule has 5 heteroatoms. The lowest BCUT2D eigenvalue weighted by molar-refractivity contribution is 0.160. The summed E-state index contributed by atoms with van der Waals surface area (Å²) >= 11 is 6.07. The van der Waals surface area contributed by atoms with Crippen LogP contribution in [0.1, 0.15) is 44.0 Å². The van der Waals surface area contributed by atoms with Gasteiger partial charge < -0.3 is 10.2 Å². The van der Waals surface area contributed by atoms with Gasteiger partial charge in [-0.25, -0.2) is 9.97 Å². The van der Waals surface area contributed by atoms with Crippen molar-refractivity contribution in [1.29, 1.82) is 0 Å². The zero-order valence-corrected chi connectivity index (χ0v) is 13.5. The molecule has 4 nitrogen and oxygen atoms in total. The Balaban J connectivity index is 1.78. The van der Waals surface area contributed by atoms with Crippen molar-refractivity contribution >= 4 is 17.4 Å². The minimum absolute atomic E-state index is 0.546. The van der Waals surface area contributed by atoms with E-state index in [1.54, 1.807) is 0 Å². The van der Waals surface area contributed by atoms with Gasteiger partial charge in [0.05, 0.1) is 0 Å². The zero-order valence-electron chi connectivity index (χ0n) is 12.7. The van der Waals surface area contributed by atoms with E-state index < -0.39 is 0 Å². The highest BCUT2D eigenvalue weighted by Crippen LogP contribution is 2.20. The van der Waals surface area contributed by atoms with Gasteiger partial charge in [0.1, 0.15) is 16.8 Å². The van der Waals surface area contributed by atoms with Gasteiger partial charge in [-0.2, -0.15) is 0 Å².